The van der Waals surface area contributed by atoms with Gasteiger partial charge in [-0.05, 0) is 50.3 Å². The summed E-state index contributed by atoms with van der Waals surface area (Å²) < 4.78 is 32.8. The zero-order valence-corrected chi connectivity index (χ0v) is 14.3. The van der Waals surface area contributed by atoms with Crippen LogP contribution in [0.3, 0.4) is 0 Å². The molecule has 0 spiro atoms. The highest BCUT2D eigenvalue weighted by Crippen LogP contribution is 2.33. The minimum atomic E-state index is -3.56. The number of rotatable bonds is 4. The van der Waals surface area contributed by atoms with E-state index in [4.69, 9.17) is 16.3 Å². The van der Waals surface area contributed by atoms with E-state index in [0.29, 0.717) is 36.4 Å². The first-order valence-electron chi connectivity index (χ1n) is 7.29. The summed E-state index contributed by atoms with van der Waals surface area (Å²) >= 11 is 6.12. The fourth-order valence-electron chi connectivity index (χ4n) is 2.61. The van der Waals surface area contributed by atoms with Crippen molar-refractivity contribution in [2.24, 2.45) is 5.92 Å². The van der Waals surface area contributed by atoms with E-state index in [1.807, 2.05) is 13.8 Å². The van der Waals surface area contributed by atoms with Gasteiger partial charge in [0.25, 0.3) is 0 Å². The lowest BCUT2D eigenvalue weighted by Gasteiger charge is -2.30. The maximum absolute atomic E-state index is 12.9. The molecule has 4 nitrogen and oxygen atoms in total. The molecule has 0 radical (unpaired) electrons. The van der Waals surface area contributed by atoms with Crippen LogP contribution in [-0.4, -0.2) is 32.4 Å². The summed E-state index contributed by atoms with van der Waals surface area (Å²) in [4.78, 5) is 0.175. The molecule has 1 aliphatic rings. The molecule has 1 atom stereocenters. The molecule has 0 unspecified atom stereocenters. The summed E-state index contributed by atoms with van der Waals surface area (Å²) in [5, 5.41) is 0.446. The van der Waals surface area contributed by atoms with Gasteiger partial charge in [0.15, 0.2) is 0 Å². The highest BCUT2D eigenvalue weighted by Gasteiger charge is 2.31. The van der Waals surface area contributed by atoms with Crippen molar-refractivity contribution in [2.75, 3.05) is 19.7 Å². The van der Waals surface area contributed by atoms with Crippen molar-refractivity contribution in [3.8, 4) is 5.75 Å². The second kappa shape index (κ2) is 6.55. The zero-order chi connectivity index (χ0) is 15.6. The minimum absolute atomic E-state index is 0.175. The number of benzene rings is 1. The Morgan fingerprint density at radius 1 is 1.43 bits per heavy atom. The lowest BCUT2D eigenvalue weighted by Crippen LogP contribution is -2.39. The Morgan fingerprint density at radius 2 is 2.14 bits per heavy atom. The van der Waals surface area contributed by atoms with Crippen molar-refractivity contribution >= 4 is 21.6 Å². The zero-order valence-electron chi connectivity index (χ0n) is 12.7. The molecule has 0 bridgehead atoms. The van der Waals surface area contributed by atoms with E-state index >= 15 is 0 Å². The van der Waals surface area contributed by atoms with Crippen LogP contribution >= 0.6 is 11.6 Å². The molecular weight excluding hydrogens is 310 g/mol. The SMILES string of the molecule is CCOc1cc(C)c(Cl)cc1S(=O)(=O)N1CCC[C@@H](C)C1. The number of halogens is 1. The smallest absolute Gasteiger partial charge is 0.246 e. The van der Waals surface area contributed by atoms with Gasteiger partial charge >= 0.3 is 0 Å². The first kappa shape index (κ1) is 16.6. The van der Waals surface area contributed by atoms with E-state index in [1.165, 1.54) is 6.07 Å². The van der Waals surface area contributed by atoms with E-state index in [1.54, 1.807) is 10.4 Å². The van der Waals surface area contributed by atoms with Crippen LogP contribution in [-0.2, 0) is 10.0 Å². The Kier molecular flexibility index (Phi) is 5.17. The number of ether oxygens (including phenoxy) is 1. The molecule has 0 amide bonds. The van der Waals surface area contributed by atoms with Crippen LogP contribution in [0.1, 0.15) is 32.3 Å². The highest BCUT2D eigenvalue weighted by atomic mass is 35.5. The average molecular weight is 332 g/mol. The first-order valence-corrected chi connectivity index (χ1v) is 9.11. The lowest BCUT2D eigenvalue weighted by atomic mass is 10.0. The van der Waals surface area contributed by atoms with Crippen LogP contribution in [0.15, 0.2) is 17.0 Å². The molecule has 118 valence electrons. The number of nitrogens with zero attached hydrogens (tertiary/aromatic N) is 1. The number of hydrogen-bond donors (Lipinski definition) is 0. The highest BCUT2D eigenvalue weighted by molar-refractivity contribution is 7.89. The molecule has 0 N–H and O–H groups in total. The molecule has 1 aromatic rings. The first-order chi connectivity index (χ1) is 9.86. The molecule has 1 aliphatic heterocycles. The topological polar surface area (TPSA) is 46.6 Å². The Balaban J connectivity index is 2.45. The predicted octanol–water partition coefficient (Wildman–Crippen LogP) is 3.47. The van der Waals surface area contributed by atoms with E-state index in [2.05, 4.69) is 6.92 Å². The molecule has 2 rings (SSSR count). The van der Waals surface area contributed by atoms with Gasteiger partial charge < -0.3 is 4.74 Å². The van der Waals surface area contributed by atoms with E-state index < -0.39 is 10.0 Å². The van der Waals surface area contributed by atoms with Crippen LogP contribution in [0.5, 0.6) is 5.75 Å². The van der Waals surface area contributed by atoms with Gasteiger partial charge in [-0.25, -0.2) is 8.42 Å². The summed E-state index contributed by atoms with van der Waals surface area (Å²) in [5.74, 6) is 0.766. The molecule has 1 saturated heterocycles. The van der Waals surface area contributed by atoms with E-state index in [9.17, 15) is 8.42 Å². The van der Waals surface area contributed by atoms with Crippen LogP contribution in [0, 0.1) is 12.8 Å². The number of hydrogen-bond acceptors (Lipinski definition) is 3. The Bertz CT molecular complexity index is 616. The summed E-state index contributed by atoms with van der Waals surface area (Å²) in [7, 11) is -3.56. The maximum Gasteiger partial charge on any atom is 0.246 e. The summed E-state index contributed by atoms with van der Waals surface area (Å²) in [5.41, 5.74) is 0.811. The Morgan fingerprint density at radius 3 is 2.76 bits per heavy atom. The van der Waals surface area contributed by atoms with Crippen molar-refractivity contribution in [1.29, 1.82) is 0 Å². The molecule has 1 heterocycles. The molecular formula is C15H22ClNO3S. The van der Waals surface area contributed by atoms with Crippen molar-refractivity contribution in [1.82, 2.24) is 4.31 Å². The normalized spacial score (nSPS) is 20.5. The van der Waals surface area contributed by atoms with Crippen molar-refractivity contribution < 1.29 is 13.2 Å². The Labute approximate surface area is 132 Å². The third-order valence-corrected chi connectivity index (χ3v) is 6.06. The van der Waals surface area contributed by atoms with Gasteiger partial charge in [0.05, 0.1) is 6.61 Å². The van der Waals surface area contributed by atoms with Crippen molar-refractivity contribution in [2.45, 2.75) is 38.5 Å². The van der Waals surface area contributed by atoms with Crippen molar-refractivity contribution in [3.05, 3.63) is 22.7 Å². The van der Waals surface area contributed by atoms with E-state index in [0.717, 1.165) is 18.4 Å². The molecule has 1 fully saturated rings. The third-order valence-electron chi connectivity index (χ3n) is 3.76. The van der Waals surface area contributed by atoms with Gasteiger partial charge in [-0.2, -0.15) is 4.31 Å². The number of aryl methyl sites for hydroxylation is 1. The standard InChI is InChI=1S/C15H22ClNO3S/c1-4-20-14-8-12(3)13(16)9-15(14)21(18,19)17-7-5-6-11(2)10-17/h8-9,11H,4-7,10H2,1-3H3/t11-/m1/s1. The summed E-state index contributed by atoms with van der Waals surface area (Å²) in [6.07, 6.45) is 1.96. The van der Waals surface area contributed by atoms with Crippen LogP contribution < -0.4 is 4.74 Å². The number of piperidine rings is 1. The second-order valence-corrected chi connectivity index (χ2v) is 7.91. The Hall–Kier alpha value is -0.780. The lowest BCUT2D eigenvalue weighted by molar-refractivity contribution is 0.278. The summed E-state index contributed by atoms with van der Waals surface area (Å²) in [6.45, 7) is 7.28. The van der Waals surface area contributed by atoms with Gasteiger partial charge in [-0.15, -0.1) is 0 Å². The second-order valence-electron chi connectivity index (χ2n) is 5.59. The van der Waals surface area contributed by atoms with Crippen LogP contribution in [0.25, 0.3) is 0 Å². The largest absolute Gasteiger partial charge is 0.492 e. The van der Waals surface area contributed by atoms with Crippen LogP contribution in [0.2, 0.25) is 5.02 Å². The maximum atomic E-state index is 12.9. The van der Waals surface area contributed by atoms with Gasteiger partial charge in [0, 0.05) is 18.1 Å². The molecule has 6 heteroatoms. The van der Waals surface area contributed by atoms with Crippen molar-refractivity contribution in [3.63, 3.8) is 0 Å². The molecule has 0 aliphatic carbocycles. The van der Waals surface area contributed by atoms with Gasteiger partial charge in [-0.3, -0.25) is 0 Å². The average Bonchev–Trinajstić information content (AvgIpc) is 2.42. The van der Waals surface area contributed by atoms with Gasteiger partial charge in [-0.1, -0.05) is 18.5 Å². The predicted molar refractivity (Wildman–Crippen MR) is 84.5 cm³/mol. The fraction of sp³-hybridized carbons (Fsp3) is 0.600. The van der Waals surface area contributed by atoms with Gasteiger partial charge in [0.2, 0.25) is 10.0 Å². The van der Waals surface area contributed by atoms with Gasteiger partial charge in [0.1, 0.15) is 10.6 Å². The minimum Gasteiger partial charge on any atom is -0.492 e. The summed E-state index contributed by atoms with van der Waals surface area (Å²) in [6, 6.07) is 3.21. The van der Waals surface area contributed by atoms with E-state index in [-0.39, 0.29) is 4.90 Å². The molecule has 21 heavy (non-hydrogen) atoms. The third kappa shape index (κ3) is 3.52. The molecule has 1 aromatic carbocycles. The fourth-order valence-corrected chi connectivity index (χ4v) is 4.58. The van der Waals surface area contributed by atoms with Crippen LogP contribution in [0.4, 0.5) is 0 Å². The number of sulfonamides is 1. The molecule has 0 saturated carbocycles. The monoisotopic (exact) mass is 331 g/mol. The quantitative estimate of drug-likeness (QED) is 0.848. The molecule has 0 aromatic heterocycles.